The van der Waals surface area contributed by atoms with Crippen LogP contribution >= 0.6 is 0 Å². The van der Waals surface area contributed by atoms with Crippen LogP contribution < -0.4 is 0 Å². The molecule has 12 heavy (non-hydrogen) atoms. The van der Waals surface area contributed by atoms with Crippen LogP contribution in [0.4, 0.5) is 0 Å². The molecule has 0 heterocycles. The quantitative estimate of drug-likeness (QED) is 0.654. The summed E-state index contributed by atoms with van der Waals surface area (Å²) in [6.07, 6.45) is 5.54. The summed E-state index contributed by atoms with van der Waals surface area (Å²) in [5.41, 5.74) is 0.381. The van der Waals surface area contributed by atoms with E-state index < -0.39 is 0 Å². The van der Waals surface area contributed by atoms with Crippen molar-refractivity contribution in [3.63, 3.8) is 0 Å². The van der Waals surface area contributed by atoms with Crippen molar-refractivity contribution in [2.24, 2.45) is 17.3 Å². The highest BCUT2D eigenvalue weighted by atomic mass is 16.6. The maximum Gasteiger partial charge on any atom is 0.143 e. The number of aliphatic hydroxyl groups is 1. The first-order chi connectivity index (χ1) is 5.74. The Balaban J connectivity index is 1.93. The Kier molecular flexibility index (Phi) is 2.13. The molecular formula is C10H18O2. The zero-order valence-corrected chi connectivity index (χ0v) is 7.75. The molecule has 2 nitrogen and oxygen atoms in total. The number of ether oxygens (including phenoxy) is 1. The van der Waals surface area contributed by atoms with Gasteiger partial charge in [0.05, 0.1) is 6.61 Å². The minimum atomic E-state index is -0.118. The fourth-order valence-electron chi connectivity index (χ4n) is 3.18. The smallest absolute Gasteiger partial charge is 0.143 e. The Morgan fingerprint density at radius 2 is 2.33 bits per heavy atom. The van der Waals surface area contributed by atoms with Crippen molar-refractivity contribution in [1.82, 2.24) is 0 Å². The lowest BCUT2D eigenvalue weighted by Crippen LogP contribution is -2.29. The first-order valence-electron chi connectivity index (χ1n) is 4.93. The van der Waals surface area contributed by atoms with Crippen molar-refractivity contribution < 1.29 is 9.84 Å². The highest BCUT2D eigenvalue weighted by molar-refractivity contribution is 4.97. The van der Waals surface area contributed by atoms with E-state index in [-0.39, 0.29) is 6.79 Å². The van der Waals surface area contributed by atoms with Crippen LogP contribution in [0, 0.1) is 17.3 Å². The van der Waals surface area contributed by atoms with Gasteiger partial charge in [0.2, 0.25) is 0 Å². The molecule has 0 aliphatic heterocycles. The van der Waals surface area contributed by atoms with Crippen LogP contribution in [0.2, 0.25) is 0 Å². The molecule has 2 rings (SSSR count). The van der Waals surface area contributed by atoms with Crippen LogP contribution in [0.3, 0.4) is 0 Å². The van der Waals surface area contributed by atoms with E-state index in [4.69, 9.17) is 9.84 Å². The average molecular weight is 170 g/mol. The van der Waals surface area contributed by atoms with Gasteiger partial charge in [0.25, 0.3) is 0 Å². The summed E-state index contributed by atoms with van der Waals surface area (Å²) < 4.78 is 5.13. The fraction of sp³-hybridized carbons (Fsp3) is 1.00. The highest BCUT2D eigenvalue weighted by Gasteiger charge is 2.47. The molecule has 3 unspecified atom stereocenters. The van der Waals surface area contributed by atoms with Crippen LogP contribution in [-0.2, 0) is 4.74 Å². The second-order valence-corrected chi connectivity index (χ2v) is 4.71. The van der Waals surface area contributed by atoms with Crippen LogP contribution in [0.1, 0.15) is 32.6 Å². The summed E-state index contributed by atoms with van der Waals surface area (Å²) >= 11 is 0. The van der Waals surface area contributed by atoms with Gasteiger partial charge in [-0.1, -0.05) is 13.3 Å². The molecule has 70 valence electrons. The minimum Gasteiger partial charge on any atom is -0.371 e. The number of hydrogen-bond donors (Lipinski definition) is 1. The Hall–Kier alpha value is -0.0800. The molecule has 2 aliphatic rings. The van der Waals surface area contributed by atoms with Crippen LogP contribution in [0.25, 0.3) is 0 Å². The third kappa shape index (κ3) is 1.27. The molecule has 0 amide bonds. The Morgan fingerprint density at radius 3 is 2.83 bits per heavy atom. The molecule has 2 bridgehead atoms. The summed E-state index contributed by atoms with van der Waals surface area (Å²) in [5, 5.41) is 8.59. The van der Waals surface area contributed by atoms with E-state index in [9.17, 15) is 0 Å². The molecular weight excluding hydrogens is 152 g/mol. The SMILES string of the molecule is CC1(COCO)CC2CCC1C2. The summed E-state index contributed by atoms with van der Waals surface area (Å²) in [4.78, 5) is 0. The lowest BCUT2D eigenvalue weighted by Gasteiger charge is -2.33. The molecule has 2 aliphatic carbocycles. The summed E-state index contributed by atoms with van der Waals surface area (Å²) in [6.45, 7) is 2.95. The summed E-state index contributed by atoms with van der Waals surface area (Å²) in [7, 11) is 0. The second kappa shape index (κ2) is 3.00. The van der Waals surface area contributed by atoms with E-state index in [2.05, 4.69) is 6.92 Å². The number of fused-ring (bicyclic) bond motifs is 2. The van der Waals surface area contributed by atoms with E-state index >= 15 is 0 Å². The average Bonchev–Trinajstić information content (AvgIpc) is 2.60. The van der Waals surface area contributed by atoms with Crippen LogP contribution in [-0.4, -0.2) is 18.5 Å². The van der Waals surface area contributed by atoms with E-state index in [1.807, 2.05) is 0 Å². The monoisotopic (exact) mass is 170 g/mol. The largest absolute Gasteiger partial charge is 0.371 e. The zero-order chi connectivity index (χ0) is 8.60. The maximum atomic E-state index is 8.59. The Labute approximate surface area is 73.9 Å². The number of rotatable bonds is 3. The van der Waals surface area contributed by atoms with Crippen LogP contribution in [0.5, 0.6) is 0 Å². The lowest BCUT2D eigenvalue weighted by atomic mass is 9.75. The predicted octanol–water partition coefficient (Wildman–Crippen LogP) is 1.78. The Morgan fingerprint density at radius 1 is 1.50 bits per heavy atom. The molecule has 2 saturated carbocycles. The van der Waals surface area contributed by atoms with E-state index in [0.717, 1.165) is 18.4 Å². The van der Waals surface area contributed by atoms with Crippen molar-refractivity contribution >= 4 is 0 Å². The normalized spacial score (nSPS) is 45.5. The van der Waals surface area contributed by atoms with Gasteiger partial charge in [0, 0.05) is 0 Å². The zero-order valence-electron chi connectivity index (χ0n) is 7.75. The molecule has 0 radical (unpaired) electrons. The van der Waals surface area contributed by atoms with Gasteiger partial charge in [-0.25, -0.2) is 0 Å². The van der Waals surface area contributed by atoms with Gasteiger partial charge in [-0.15, -0.1) is 0 Å². The maximum absolute atomic E-state index is 8.59. The van der Waals surface area contributed by atoms with Crippen LogP contribution in [0.15, 0.2) is 0 Å². The fourth-order valence-corrected chi connectivity index (χ4v) is 3.18. The Bertz CT molecular complexity index is 169. The van der Waals surface area contributed by atoms with Gasteiger partial charge in [-0.05, 0) is 36.5 Å². The van der Waals surface area contributed by atoms with Gasteiger partial charge in [0.1, 0.15) is 6.79 Å². The van der Waals surface area contributed by atoms with Gasteiger partial charge in [-0.2, -0.15) is 0 Å². The van der Waals surface area contributed by atoms with E-state index in [1.54, 1.807) is 0 Å². The van der Waals surface area contributed by atoms with Gasteiger partial charge >= 0.3 is 0 Å². The molecule has 1 N–H and O–H groups in total. The number of aliphatic hydroxyl groups excluding tert-OH is 1. The van der Waals surface area contributed by atoms with Crippen molar-refractivity contribution in [2.75, 3.05) is 13.4 Å². The van der Waals surface area contributed by atoms with Crippen molar-refractivity contribution in [3.05, 3.63) is 0 Å². The molecule has 0 saturated heterocycles. The standard InChI is InChI=1S/C10H18O2/c1-10(6-12-7-11)5-8-2-3-9(10)4-8/h8-9,11H,2-7H2,1H3. The van der Waals surface area contributed by atoms with Crippen molar-refractivity contribution in [2.45, 2.75) is 32.6 Å². The molecule has 0 aromatic heterocycles. The van der Waals surface area contributed by atoms with Gasteiger partial charge in [-0.3, -0.25) is 0 Å². The highest BCUT2D eigenvalue weighted by Crippen LogP contribution is 2.55. The topological polar surface area (TPSA) is 29.5 Å². The lowest BCUT2D eigenvalue weighted by molar-refractivity contribution is -0.0544. The molecule has 0 aromatic carbocycles. The first-order valence-corrected chi connectivity index (χ1v) is 4.93. The predicted molar refractivity (Wildman–Crippen MR) is 46.6 cm³/mol. The third-order valence-corrected chi connectivity index (χ3v) is 3.80. The molecule has 2 fully saturated rings. The minimum absolute atomic E-state index is 0.118. The van der Waals surface area contributed by atoms with Crippen molar-refractivity contribution in [3.8, 4) is 0 Å². The third-order valence-electron chi connectivity index (χ3n) is 3.80. The van der Waals surface area contributed by atoms with Gasteiger partial charge < -0.3 is 9.84 Å². The second-order valence-electron chi connectivity index (χ2n) is 4.71. The molecule has 3 atom stereocenters. The first kappa shape index (κ1) is 8.52. The van der Waals surface area contributed by atoms with Gasteiger partial charge in [0.15, 0.2) is 0 Å². The van der Waals surface area contributed by atoms with E-state index in [1.165, 1.54) is 25.7 Å². The molecule has 2 heteroatoms. The number of hydrogen-bond acceptors (Lipinski definition) is 2. The summed E-state index contributed by atoms with van der Waals surface area (Å²) in [6, 6.07) is 0. The summed E-state index contributed by atoms with van der Waals surface area (Å²) in [5.74, 6) is 1.83. The van der Waals surface area contributed by atoms with Crippen molar-refractivity contribution in [1.29, 1.82) is 0 Å². The molecule has 0 spiro atoms. The van der Waals surface area contributed by atoms with E-state index in [0.29, 0.717) is 5.41 Å². The molecule has 0 aromatic rings.